The van der Waals surface area contributed by atoms with Crippen LogP contribution in [0.25, 0.3) is 10.9 Å². The van der Waals surface area contributed by atoms with Gasteiger partial charge in [0.1, 0.15) is 5.82 Å². The number of nitrogens with zero attached hydrogens (tertiary/aromatic N) is 4. The molecule has 0 atom stereocenters. The minimum atomic E-state index is 0.175. The van der Waals surface area contributed by atoms with Crippen molar-refractivity contribution in [2.45, 2.75) is 12.8 Å². The largest absolute Gasteiger partial charge is 0.396 e. The van der Waals surface area contributed by atoms with Crippen molar-refractivity contribution in [3.63, 3.8) is 0 Å². The first-order chi connectivity index (χ1) is 10.8. The molecule has 0 radical (unpaired) electrons. The highest BCUT2D eigenvalue weighted by molar-refractivity contribution is 6.28. The van der Waals surface area contributed by atoms with E-state index >= 15 is 0 Å². The highest BCUT2D eigenvalue weighted by atomic mass is 35.5. The van der Waals surface area contributed by atoms with Gasteiger partial charge in [-0.3, -0.25) is 5.10 Å². The molecule has 0 saturated heterocycles. The smallest absolute Gasteiger partial charge is 0.224 e. The molecule has 0 aliphatic rings. The Morgan fingerprint density at radius 3 is 2.95 bits per heavy atom. The van der Waals surface area contributed by atoms with Crippen LogP contribution >= 0.6 is 11.6 Å². The van der Waals surface area contributed by atoms with Crippen LogP contribution in [-0.2, 0) is 0 Å². The number of fused-ring (bicyclic) bond motifs is 1. The first kappa shape index (κ1) is 14.7. The summed E-state index contributed by atoms with van der Waals surface area (Å²) >= 11 is 5.93. The summed E-state index contributed by atoms with van der Waals surface area (Å²) in [5, 5.41) is 17.3. The van der Waals surface area contributed by atoms with E-state index in [9.17, 15) is 0 Å². The molecule has 2 N–H and O–H groups in total. The number of halogens is 1. The van der Waals surface area contributed by atoms with Crippen molar-refractivity contribution >= 4 is 34.0 Å². The van der Waals surface area contributed by atoms with Crippen molar-refractivity contribution in [3.8, 4) is 0 Å². The number of H-pyrrole nitrogens is 1. The third kappa shape index (κ3) is 3.03. The first-order valence-electron chi connectivity index (χ1n) is 7.08. The summed E-state index contributed by atoms with van der Waals surface area (Å²) in [6, 6.07) is 7.79. The zero-order chi connectivity index (χ0) is 15.4. The van der Waals surface area contributed by atoms with E-state index in [1.807, 2.05) is 24.3 Å². The fourth-order valence-corrected chi connectivity index (χ4v) is 2.55. The van der Waals surface area contributed by atoms with Crippen molar-refractivity contribution < 1.29 is 5.11 Å². The second kappa shape index (κ2) is 6.72. The second-order valence-electron chi connectivity index (χ2n) is 4.87. The van der Waals surface area contributed by atoms with Gasteiger partial charge in [-0.2, -0.15) is 5.10 Å². The van der Waals surface area contributed by atoms with Crippen LogP contribution in [0.4, 0.5) is 11.5 Å². The lowest BCUT2D eigenvalue weighted by molar-refractivity contribution is 0.285. The van der Waals surface area contributed by atoms with Crippen LogP contribution in [0.3, 0.4) is 0 Å². The summed E-state index contributed by atoms with van der Waals surface area (Å²) in [6.07, 6.45) is 5.01. The number of aliphatic hydroxyl groups excluding tert-OH is 1. The minimum absolute atomic E-state index is 0.175. The van der Waals surface area contributed by atoms with E-state index in [4.69, 9.17) is 16.7 Å². The Kier molecular flexibility index (Phi) is 4.50. The molecule has 114 valence electrons. The number of aliphatic hydroxyl groups is 1. The Morgan fingerprint density at radius 1 is 1.23 bits per heavy atom. The average molecular weight is 318 g/mol. The van der Waals surface area contributed by atoms with Gasteiger partial charge in [0.2, 0.25) is 5.28 Å². The molecule has 1 aromatic carbocycles. The number of unbranched alkanes of at least 4 members (excludes halogenated alkanes) is 1. The van der Waals surface area contributed by atoms with E-state index in [0.717, 1.165) is 41.8 Å². The van der Waals surface area contributed by atoms with Crippen LogP contribution in [0.1, 0.15) is 12.8 Å². The van der Waals surface area contributed by atoms with Gasteiger partial charge in [0, 0.05) is 24.7 Å². The highest BCUT2D eigenvalue weighted by Gasteiger charge is 2.14. The van der Waals surface area contributed by atoms with Gasteiger partial charge in [-0.15, -0.1) is 0 Å². The molecule has 0 saturated carbocycles. The van der Waals surface area contributed by atoms with Crippen molar-refractivity contribution in [1.82, 2.24) is 20.2 Å². The Labute approximate surface area is 132 Å². The molecule has 0 amide bonds. The van der Waals surface area contributed by atoms with Crippen LogP contribution in [-0.4, -0.2) is 38.4 Å². The van der Waals surface area contributed by atoms with Crippen molar-refractivity contribution in [1.29, 1.82) is 0 Å². The fraction of sp³-hybridized carbons (Fsp3) is 0.267. The molecular formula is C15H16ClN5O. The number of hydrogen-bond acceptors (Lipinski definition) is 5. The van der Waals surface area contributed by atoms with Crippen molar-refractivity contribution in [3.05, 3.63) is 41.9 Å². The second-order valence-corrected chi connectivity index (χ2v) is 5.21. The zero-order valence-electron chi connectivity index (χ0n) is 11.9. The molecular weight excluding hydrogens is 302 g/mol. The molecule has 22 heavy (non-hydrogen) atoms. The van der Waals surface area contributed by atoms with E-state index in [1.165, 1.54) is 0 Å². The number of aromatic nitrogens is 4. The normalized spacial score (nSPS) is 11.0. The Balaban J connectivity index is 2.02. The van der Waals surface area contributed by atoms with E-state index < -0.39 is 0 Å². The van der Waals surface area contributed by atoms with E-state index in [2.05, 4.69) is 25.1 Å². The molecule has 3 aromatic rings. The monoisotopic (exact) mass is 317 g/mol. The molecule has 6 nitrogen and oxygen atoms in total. The topological polar surface area (TPSA) is 77.9 Å². The van der Waals surface area contributed by atoms with Crippen molar-refractivity contribution in [2.75, 3.05) is 18.1 Å². The van der Waals surface area contributed by atoms with Gasteiger partial charge < -0.3 is 10.0 Å². The van der Waals surface area contributed by atoms with Gasteiger partial charge in [0.05, 0.1) is 17.4 Å². The molecule has 2 heterocycles. The zero-order valence-corrected chi connectivity index (χ0v) is 12.7. The molecule has 0 aliphatic carbocycles. The summed E-state index contributed by atoms with van der Waals surface area (Å²) in [5.74, 6) is 0.728. The number of aromatic amines is 1. The fourth-order valence-electron chi connectivity index (χ4n) is 2.40. The summed E-state index contributed by atoms with van der Waals surface area (Å²) in [7, 11) is 0. The van der Waals surface area contributed by atoms with E-state index in [0.29, 0.717) is 0 Å². The summed E-state index contributed by atoms with van der Waals surface area (Å²) in [5.41, 5.74) is 1.96. The molecule has 3 rings (SSSR count). The van der Waals surface area contributed by atoms with Gasteiger partial charge in [0.25, 0.3) is 0 Å². The Morgan fingerprint density at radius 2 is 2.14 bits per heavy atom. The molecule has 0 spiro atoms. The first-order valence-corrected chi connectivity index (χ1v) is 7.46. The Bertz CT molecular complexity index is 760. The van der Waals surface area contributed by atoms with Gasteiger partial charge in [0.15, 0.2) is 0 Å². The molecule has 2 aromatic heterocycles. The van der Waals surface area contributed by atoms with E-state index in [1.54, 1.807) is 12.4 Å². The van der Waals surface area contributed by atoms with Crippen molar-refractivity contribution in [2.24, 2.45) is 0 Å². The maximum atomic E-state index is 9.02. The number of nitrogens with one attached hydrogen (secondary N) is 1. The molecule has 0 bridgehead atoms. The van der Waals surface area contributed by atoms with Crippen LogP contribution in [0.15, 0.2) is 36.7 Å². The summed E-state index contributed by atoms with van der Waals surface area (Å²) < 4.78 is 0. The lowest BCUT2D eigenvalue weighted by Crippen LogP contribution is -2.20. The third-order valence-corrected chi connectivity index (χ3v) is 3.61. The third-order valence-electron chi connectivity index (χ3n) is 3.43. The standard InChI is InChI=1S/C15H16ClN5O/c16-15-17-7-6-14(19-15)21(8-1-2-9-22)13-5-3-4-12-11(13)10-18-20-12/h3-7,10,22H,1-2,8-9H2,(H,18,20). The molecule has 7 heteroatoms. The van der Waals surface area contributed by atoms with Crippen LogP contribution < -0.4 is 4.90 Å². The maximum absolute atomic E-state index is 9.02. The number of benzene rings is 1. The van der Waals surface area contributed by atoms with Gasteiger partial charge >= 0.3 is 0 Å². The Hall–Kier alpha value is -2.18. The number of hydrogen-bond donors (Lipinski definition) is 2. The molecule has 0 fully saturated rings. The quantitative estimate of drug-likeness (QED) is 0.540. The average Bonchev–Trinajstić information content (AvgIpc) is 3.00. The van der Waals surface area contributed by atoms with Crippen LogP contribution in [0.5, 0.6) is 0 Å². The predicted molar refractivity (Wildman–Crippen MR) is 86.5 cm³/mol. The molecule has 0 aliphatic heterocycles. The number of anilines is 2. The lowest BCUT2D eigenvalue weighted by Gasteiger charge is -2.24. The number of rotatable bonds is 6. The van der Waals surface area contributed by atoms with Crippen LogP contribution in [0, 0.1) is 0 Å². The van der Waals surface area contributed by atoms with Gasteiger partial charge in [-0.05, 0) is 42.6 Å². The SMILES string of the molecule is OCCCCN(c1ccnc(Cl)n1)c1cccc2[nH]ncc12. The van der Waals surface area contributed by atoms with Gasteiger partial charge in [-0.1, -0.05) is 6.07 Å². The maximum Gasteiger partial charge on any atom is 0.224 e. The predicted octanol–water partition coefficient (Wildman–Crippen LogP) is 2.92. The van der Waals surface area contributed by atoms with Gasteiger partial charge in [-0.25, -0.2) is 9.97 Å². The lowest BCUT2D eigenvalue weighted by atomic mass is 10.2. The van der Waals surface area contributed by atoms with Crippen LogP contribution in [0.2, 0.25) is 5.28 Å². The summed E-state index contributed by atoms with van der Waals surface area (Å²) in [4.78, 5) is 10.3. The highest BCUT2D eigenvalue weighted by Crippen LogP contribution is 2.31. The molecule has 0 unspecified atom stereocenters. The summed E-state index contributed by atoms with van der Waals surface area (Å²) in [6.45, 7) is 0.895. The minimum Gasteiger partial charge on any atom is -0.396 e. The van der Waals surface area contributed by atoms with E-state index in [-0.39, 0.29) is 11.9 Å².